The molecule has 1 fully saturated rings. The zero-order chi connectivity index (χ0) is 10.8. The fourth-order valence-electron chi connectivity index (χ4n) is 1.96. The predicted octanol–water partition coefficient (Wildman–Crippen LogP) is 3.99. The second-order valence-electron chi connectivity index (χ2n) is 5.38. The molecule has 0 N–H and O–H groups in total. The number of rotatable bonds is 4. The standard InChI is InChI=1S/C12H23ClO/c1-9(2)11(13)6-5-10-7-8-12(3,4)14-10/h9-11H,5-8H2,1-4H3. The van der Waals surface area contributed by atoms with Crippen molar-refractivity contribution in [1.82, 2.24) is 0 Å². The summed E-state index contributed by atoms with van der Waals surface area (Å²) in [4.78, 5) is 0. The number of hydrogen-bond donors (Lipinski definition) is 0. The molecule has 0 spiro atoms. The van der Waals surface area contributed by atoms with Crippen molar-refractivity contribution in [3.8, 4) is 0 Å². The molecule has 0 bridgehead atoms. The van der Waals surface area contributed by atoms with Gasteiger partial charge in [-0.25, -0.2) is 0 Å². The molecular weight excluding hydrogens is 196 g/mol. The number of halogens is 1. The first-order chi connectivity index (χ1) is 6.41. The van der Waals surface area contributed by atoms with Crippen LogP contribution in [0.2, 0.25) is 0 Å². The molecule has 1 nitrogen and oxygen atoms in total. The van der Waals surface area contributed by atoms with Crippen LogP contribution >= 0.6 is 11.6 Å². The Bertz CT molecular complexity index is 177. The molecule has 1 rings (SSSR count). The molecule has 2 atom stereocenters. The lowest BCUT2D eigenvalue weighted by atomic mass is 10.0. The second-order valence-corrected chi connectivity index (χ2v) is 5.94. The third kappa shape index (κ3) is 3.78. The van der Waals surface area contributed by atoms with Crippen molar-refractivity contribution in [3.05, 3.63) is 0 Å². The zero-order valence-electron chi connectivity index (χ0n) is 9.85. The fraction of sp³-hybridized carbons (Fsp3) is 1.00. The topological polar surface area (TPSA) is 9.23 Å². The Morgan fingerprint density at radius 3 is 2.50 bits per heavy atom. The molecule has 0 radical (unpaired) electrons. The van der Waals surface area contributed by atoms with Gasteiger partial charge >= 0.3 is 0 Å². The highest BCUT2D eigenvalue weighted by Gasteiger charge is 2.31. The van der Waals surface area contributed by atoms with Gasteiger partial charge in [-0.15, -0.1) is 11.6 Å². The Morgan fingerprint density at radius 1 is 1.43 bits per heavy atom. The lowest BCUT2D eigenvalue weighted by Gasteiger charge is -2.20. The molecule has 84 valence electrons. The number of ether oxygens (including phenoxy) is 1. The van der Waals surface area contributed by atoms with Crippen LogP contribution in [0.3, 0.4) is 0 Å². The van der Waals surface area contributed by atoms with Gasteiger partial charge in [-0.1, -0.05) is 13.8 Å². The van der Waals surface area contributed by atoms with Gasteiger partial charge in [0.1, 0.15) is 0 Å². The third-order valence-electron chi connectivity index (χ3n) is 3.04. The summed E-state index contributed by atoms with van der Waals surface area (Å²) in [6.45, 7) is 8.70. The molecule has 1 aliphatic heterocycles. The van der Waals surface area contributed by atoms with E-state index in [-0.39, 0.29) is 5.60 Å². The average molecular weight is 219 g/mol. The highest BCUT2D eigenvalue weighted by atomic mass is 35.5. The summed E-state index contributed by atoms with van der Waals surface area (Å²) >= 11 is 6.21. The zero-order valence-corrected chi connectivity index (χ0v) is 10.6. The molecule has 0 amide bonds. The van der Waals surface area contributed by atoms with Crippen LogP contribution in [0.1, 0.15) is 53.4 Å². The van der Waals surface area contributed by atoms with Crippen LogP contribution in [-0.4, -0.2) is 17.1 Å². The summed E-state index contributed by atoms with van der Waals surface area (Å²) in [5, 5.41) is 0.308. The lowest BCUT2D eigenvalue weighted by Crippen LogP contribution is -2.21. The quantitative estimate of drug-likeness (QED) is 0.649. The van der Waals surface area contributed by atoms with Gasteiger partial charge in [0.05, 0.1) is 11.7 Å². The molecule has 0 saturated carbocycles. The third-order valence-corrected chi connectivity index (χ3v) is 3.76. The fourth-order valence-corrected chi connectivity index (χ4v) is 2.09. The number of hydrogen-bond acceptors (Lipinski definition) is 1. The first kappa shape index (κ1) is 12.3. The smallest absolute Gasteiger partial charge is 0.0631 e. The van der Waals surface area contributed by atoms with E-state index in [1.54, 1.807) is 0 Å². The van der Waals surface area contributed by atoms with Gasteiger partial charge in [0.15, 0.2) is 0 Å². The summed E-state index contributed by atoms with van der Waals surface area (Å²) in [6, 6.07) is 0. The molecular formula is C12H23ClO. The van der Waals surface area contributed by atoms with Gasteiger partial charge < -0.3 is 4.74 Å². The normalized spacial score (nSPS) is 28.3. The minimum absolute atomic E-state index is 0.101. The summed E-state index contributed by atoms with van der Waals surface area (Å²) < 4.78 is 5.92. The highest BCUT2D eigenvalue weighted by molar-refractivity contribution is 6.20. The van der Waals surface area contributed by atoms with Gasteiger partial charge in [0.25, 0.3) is 0 Å². The van der Waals surface area contributed by atoms with Gasteiger partial charge in [-0.05, 0) is 45.4 Å². The van der Waals surface area contributed by atoms with Crippen molar-refractivity contribution in [1.29, 1.82) is 0 Å². The maximum absolute atomic E-state index is 6.21. The Kier molecular flexibility index (Phi) is 4.27. The van der Waals surface area contributed by atoms with Crippen LogP contribution in [0, 0.1) is 5.92 Å². The van der Waals surface area contributed by atoms with Crippen LogP contribution in [0.15, 0.2) is 0 Å². The lowest BCUT2D eigenvalue weighted by molar-refractivity contribution is -0.0192. The monoisotopic (exact) mass is 218 g/mol. The van der Waals surface area contributed by atoms with Gasteiger partial charge in [-0.2, -0.15) is 0 Å². The Labute approximate surface area is 93.2 Å². The van der Waals surface area contributed by atoms with Crippen LogP contribution in [0.4, 0.5) is 0 Å². The van der Waals surface area contributed by atoms with E-state index in [2.05, 4.69) is 27.7 Å². The SMILES string of the molecule is CC(C)C(Cl)CCC1CCC(C)(C)O1. The Hall–Kier alpha value is 0.250. The van der Waals surface area contributed by atoms with E-state index in [0.717, 1.165) is 12.8 Å². The van der Waals surface area contributed by atoms with E-state index >= 15 is 0 Å². The van der Waals surface area contributed by atoms with Crippen LogP contribution in [0.25, 0.3) is 0 Å². The molecule has 1 heterocycles. The average Bonchev–Trinajstić information content (AvgIpc) is 2.41. The summed E-state index contributed by atoms with van der Waals surface area (Å²) in [7, 11) is 0. The van der Waals surface area contributed by atoms with E-state index in [9.17, 15) is 0 Å². The van der Waals surface area contributed by atoms with Gasteiger partial charge in [0.2, 0.25) is 0 Å². The van der Waals surface area contributed by atoms with Crippen LogP contribution in [0.5, 0.6) is 0 Å². The summed E-state index contributed by atoms with van der Waals surface area (Å²) in [5.74, 6) is 0.575. The van der Waals surface area contributed by atoms with E-state index < -0.39 is 0 Å². The molecule has 14 heavy (non-hydrogen) atoms. The molecule has 2 heteroatoms. The largest absolute Gasteiger partial charge is 0.372 e. The molecule has 0 aromatic carbocycles. The van der Waals surface area contributed by atoms with Crippen molar-refractivity contribution < 1.29 is 4.74 Å². The van der Waals surface area contributed by atoms with E-state index in [1.807, 2.05) is 0 Å². The van der Waals surface area contributed by atoms with Gasteiger partial charge in [-0.3, -0.25) is 0 Å². The number of alkyl halides is 1. The first-order valence-electron chi connectivity index (χ1n) is 5.72. The molecule has 0 aliphatic carbocycles. The summed E-state index contributed by atoms with van der Waals surface area (Å²) in [5.41, 5.74) is 0.101. The molecule has 0 aromatic heterocycles. The first-order valence-corrected chi connectivity index (χ1v) is 6.16. The van der Waals surface area contributed by atoms with Crippen molar-refractivity contribution >= 4 is 11.6 Å². The predicted molar refractivity (Wildman–Crippen MR) is 61.9 cm³/mol. The van der Waals surface area contributed by atoms with Crippen LogP contribution in [-0.2, 0) is 4.74 Å². The van der Waals surface area contributed by atoms with Gasteiger partial charge in [0, 0.05) is 5.38 Å². The van der Waals surface area contributed by atoms with Crippen LogP contribution < -0.4 is 0 Å². The molecule has 1 saturated heterocycles. The van der Waals surface area contributed by atoms with Crippen molar-refractivity contribution in [3.63, 3.8) is 0 Å². The Morgan fingerprint density at radius 2 is 2.07 bits per heavy atom. The molecule has 2 unspecified atom stereocenters. The molecule has 0 aromatic rings. The second kappa shape index (κ2) is 4.85. The van der Waals surface area contributed by atoms with Crippen molar-refractivity contribution in [2.24, 2.45) is 5.92 Å². The Balaban J connectivity index is 2.21. The van der Waals surface area contributed by atoms with E-state index in [0.29, 0.717) is 17.4 Å². The maximum atomic E-state index is 6.21. The maximum Gasteiger partial charge on any atom is 0.0631 e. The minimum atomic E-state index is 0.101. The van der Waals surface area contributed by atoms with E-state index in [1.165, 1.54) is 12.8 Å². The van der Waals surface area contributed by atoms with Crippen molar-refractivity contribution in [2.75, 3.05) is 0 Å². The van der Waals surface area contributed by atoms with Crippen molar-refractivity contribution in [2.45, 2.75) is 70.5 Å². The highest BCUT2D eigenvalue weighted by Crippen LogP contribution is 2.32. The molecule has 1 aliphatic rings. The minimum Gasteiger partial charge on any atom is -0.372 e. The summed E-state index contributed by atoms with van der Waals surface area (Å²) in [6.07, 6.45) is 5.04. The van der Waals surface area contributed by atoms with E-state index in [4.69, 9.17) is 16.3 Å².